The van der Waals surface area contributed by atoms with Gasteiger partial charge in [0.15, 0.2) is 0 Å². The quantitative estimate of drug-likeness (QED) is 0.398. The van der Waals surface area contributed by atoms with Crippen molar-refractivity contribution in [2.24, 2.45) is 23.7 Å². The summed E-state index contributed by atoms with van der Waals surface area (Å²) in [5, 5.41) is 5.56. The van der Waals surface area contributed by atoms with Gasteiger partial charge in [0, 0.05) is 10.0 Å². The average Bonchev–Trinajstić information content (AvgIpc) is 2.69. The molecule has 0 heterocycles. The second-order valence-electron chi connectivity index (χ2n) is 11.3. The molecule has 4 bridgehead atoms. The van der Waals surface area contributed by atoms with E-state index in [1.165, 1.54) is 94.7 Å². The van der Waals surface area contributed by atoms with E-state index >= 15 is 0 Å². The van der Waals surface area contributed by atoms with E-state index < -0.39 is 0 Å². The number of hydrogen-bond acceptors (Lipinski definition) is 1. The monoisotopic (exact) mass is 447 g/mol. The van der Waals surface area contributed by atoms with E-state index in [2.05, 4.69) is 17.4 Å². The van der Waals surface area contributed by atoms with Gasteiger partial charge in [-0.1, -0.05) is 55.3 Å². The molecule has 3 heteroatoms. The lowest BCUT2D eigenvalue weighted by Crippen LogP contribution is -2.48. The van der Waals surface area contributed by atoms with E-state index in [0.29, 0.717) is 0 Å². The molecule has 5 fully saturated rings. The SMILES string of the molecule is Clc1cc(CCCNCCC2CCCCC2)cc(Cl)c1C12CC3CC(CC(C3)C1)C2. The van der Waals surface area contributed by atoms with Crippen LogP contribution in [-0.2, 0) is 11.8 Å². The summed E-state index contributed by atoms with van der Waals surface area (Å²) in [5.41, 5.74) is 2.90. The Morgan fingerprint density at radius 2 is 1.43 bits per heavy atom. The van der Waals surface area contributed by atoms with Gasteiger partial charge in [0.25, 0.3) is 0 Å². The minimum absolute atomic E-state index is 0.280. The van der Waals surface area contributed by atoms with Crippen molar-refractivity contribution in [2.45, 2.75) is 95.3 Å². The smallest absolute Gasteiger partial charge is 0.0461 e. The normalized spacial score (nSPS) is 33.3. The maximum Gasteiger partial charge on any atom is 0.0461 e. The number of benzene rings is 1. The summed E-state index contributed by atoms with van der Waals surface area (Å²) >= 11 is 13.8. The zero-order valence-corrected chi connectivity index (χ0v) is 20.0. The molecule has 0 atom stereocenters. The maximum atomic E-state index is 6.92. The topological polar surface area (TPSA) is 12.0 Å². The van der Waals surface area contributed by atoms with Crippen LogP contribution in [-0.4, -0.2) is 13.1 Å². The predicted molar refractivity (Wildman–Crippen MR) is 129 cm³/mol. The highest BCUT2D eigenvalue weighted by Gasteiger charge is 2.52. The van der Waals surface area contributed by atoms with Crippen LogP contribution in [0.15, 0.2) is 12.1 Å². The first-order valence-corrected chi connectivity index (χ1v) is 13.6. The largest absolute Gasteiger partial charge is 0.317 e. The van der Waals surface area contributed by atoms with Crippen molar-refractivity contribution in [1.29, 1.82) is 0 Å². The average molecular weight is 449 g/mol. The van der Waals surface area contributed by atoms with Crippen LogP contribution in [0.25, 0.3) is 0 Å². The Hall–Kier alpha value is -0.240. The molecular weight excluding hydrogens is 409 g/mol. The fraction of sp³-hybridized carbons (Fsp3) is 0.778. The van der Waals surface area contributed by atoms with Crippen LogP contribution in [0.2, 0.25) is 10.0 Å². The molecule has 6 rings (SSSR count). The zero-order valence-electron chi connectivity index (χ0n) is 18.5. The molecule has 30 heavy (non-hydrogen) atoms. The molecule has 0 radical (unpaired) electrons. The molecule has 0 unspecified atom stereocenters. The number of aryl methyl sites for hydroxylation is 1. The van der Waals surface area contributed by atoms with Crippen LogP contribution in [0.4, 0.5) is 0 Å². The molecule has 0 spiro atoms. The van der Waals surface area contributed by atoms with Crippen molar-refractivity contribution >= 4 is 23.2 Å². The third kappa shape index (κ3) is 4.60. The molecule has 0 saturated heterocycles. The number of nitrogens with one attached hydrogen (secondary N) is 1. The third-order valence-corrected chi connectivity index (χ3v) is 9.54. The highest BCUT2D eigenvalue weighted by Crippen LogP contribution is 2.62. The molecule has 0 aromatic heterocycles. The van der Waals surface area contributed by atoms with E-state index in [-0.39, 0.29) is 5.41 Å². The van der Waals surface area contributed by atoms with Gasteiger partial charge in [0.2, 0.25) is 0 Å². The van der Waals surface area contributed by atoms with Crippen LogP contribution in [0.5, 0.6) is 0 Å². The Morgan fingerprint density at radius 3 is 2.03 bits per heavy atom. The lowest BCUT2D eigenvalue weighted by atomic mass is 9.48. The minimum atomic E-state index is 0.280. The summed E-state index contributed by atoms with van der Waals surface area (Å²) in [7, 11) is 0. The summed E-state index contributed by atoms with van der Waals surface area (Å²) in [4.78, 5) is 0. The van der Waals surface area contributed by atoms with Gasteiger partial charge in [-0.25, -0.2) is 0 Å². The van der Waals surface area contributed by atoms with Crippen molar-refractivity contribution in [3.63, 3.8) is 0 Å². The Labute approximate surface area is 193 Å². The number of hydrogen-bond donors (Lipinski definition) is 1. The molecule has 1 aromatic carbocycles. The summed E-state index contributed by atoms with van der Waals surface area (Å²) in [6.07, 6.45) is 19.2. The summed E-state index contributed by atoms with van der Waals surface area (Å²) in [6.45, 7) is 2.27. The Kier molecular flexibility index (Phi) is 6.71. The van der Waals surface area contributed by atoms with Gasteiger partial charge in [-0.05, 0) is 123 Å². The van der Waals surface area contributed by atoms with E-state index in [1.54, 1.807) is 0 Å². The first-order chi connectivity index (χ1) is 14.6. The van der Waals surface area contributed by atoms with Gasteiger partial charge >= 0.3 is 0 Å². The highest BCUT2D eigenvalue weighted by atomic mass is 35.5. The summed E-state index contributed by atoms with van der Waals surface area (Å²) in [6, 6.07) is 4.48. The third-order valence-electron chi connectivity index (χ3n) is 8.94. The van der Waals surface area contributed by atoms with Gasteiger partial charge in [-0.3, -0.25) is 0 Å². The second-order valence-corrected chi connectivity index (χ2v) is 12.1. The van der Waals surface area contributed by atoms with Gasteiger partial charge in [-0.15, -0.1) is 0 Å². The maximum absolute atomic E-state index is 6.92. The fourth-order valence-corrected chi connectivity index (χ4v) is 8.95. The minimum Gasteiger partial charge on any atom is -0.317 e. The Balaban J connectivity index is 1.14. The van der Waals surface area contributed by atoms with Crippen LogP contribution in [0.3, 0.4) is 0 Å². The summed E-state index contributed by atoms with van der Waals surface area (Å²) < 4.78 is 0. The van der Waals surface area contributed by atoms with Crippen molar-refractivity contribution in [1.82, 2.24) is 5.32 Å². The lowest BCUT2D eigenvalue weighted by Gasteiger charge is -2.57. The first kappa shape index (κ1) is 21.6. The van der Waals surface area contributed by atoms with E-state index in [0.717, 1.165) is 53.1 Å². The van der Waals surface area contributed by atoms with Crippen LogP contribution in [0.1, 0.15) is 94.6 Å². The van der Waals surface area contributed by atoms with E-state index in [9.17, 15) is 0 Å². The van der Waals surface area contributed by atoms with E-state index in [1.807, 2.05) is 0 Å². The van der Waals surface area contributed by atoms with E-state index in [4.69, 9.17) is 23.2 Å². The van der Waals surface area contributed by atoms with Gasteiger partial charge < -0.3 is 5.32 Å². The number of halogens is 2. The lowest BCUT2D eigenvalue weighted by molar-refractivity contribution is -0.00509. The fourth-order valence-electron chi connectivity index (χ4n) is 8.02. The van der Waals surface area contributed by atoms with Crippen molar-refractivity contribution in [3.05, 3.63) is 33.3 Å². The summed E-state index contributed by atoms with van der Waals surface area (Å²) in [5.74, 6) is 3.73. The first-order valence-electron chi connectivity index (χ1n) is 12.8. The van der Waals surface area contributed by atoms with Crippen molar-refractivity contribution < 1.29 is 0 Å². The number of rotatable bonds is 8. The molecule has 1 nitrogen and oxygen atoms in total. The van der Waals surface area contributed by atoms with Crippen LogP contribution < -0.4 is 5.32 Å². The second kappa shape index (κ2) is 9.32. The highest BCUT2D eigenvalue weighted by molar-refractivity contribution is 6.36. The molecule has 0 aliphatic heterocycles. The van der Waals surface area contributed by atoms with Gasteiger partial charge in [0.1, 0.15) is 0 Å². The van der Waals surface area contributed by atoms with Crippen LogP contribution in [0, 0.1) is 23.7 Å². The molecule has 1 N–H and O–H groups in total. The van der Waals surface area contributed by atoms with Crippen LogP contribution >= 0.6 is 23.2 Å². The molecule has 5 saturated carbocycles. The van der Waals surface area contributed by atoms with Gasteiger partial charge in [-0.2, -0.15) is 0 Å². The Bertz CT molecular complexity index is 678. The molecule has 5 aliphatic carbocycles. The molecule has 0 amide bonds. The Morgan fingerprint density at radius 1 is 0.833 bits per heavy atom. The predicted octanol–water partition coefficient (Wildman–Crippen LogP) is 7.95. The molecule has 166 valence electrons. The molecule has 1 aromatic rings. The standard InChI is InChI=1S/C27H39Cl2N/c28-24-14-20(7-4-9-30-10-8-19-5-2-1-3-6-19)15-25(29)26(24)27-16-21-11-22(17-27)13-23(12-21)18-27/h14-15,19,21-23,30H,1-13,16-18H2. The molecule has 5 aliphatic rings. The molecular formula is C27H39Cl2N. The van der Waals surface area contributed by atoms with Crippen molar-refractivity contribution in [3.8, 4) is 0 Å². The van der Waals surface area contributed by atoms with Crippen molar-refractivity contribution in [2.75, 3.05) is 13.1 Å². The zero-order chi connectivity index (χ0) is 20.6. The van der Waals surface area contributed by atoms with Gasteiger partial charge in [0.05, 0.1) is 0 Å².